The SMILES string of the molecule is C=C=C1CC2=CCC1C2. The first-order valence-corrected chi connectivity index (χ1v) is 3.47. The predicted molar refractivity (Wildman–Crippen MR) is 38.1 cm³/mol. The van der Waals surface area contributed by atoms with Gasteiger partial charge in [0, 0.05) is 0 Å². The first-order valence-electron chi connectivity index (χ1n) is 3.47. The maximum atomic E-state index is 3.67. The third kappa shape index (κ3) is 0.602. The van der Waals surface area contributed by atoms with E-state index in [1.165, 1.54) is 24.8 Å². The van der Waals surface area contributed by atoms with Gasteiger partial charge in [0.2, 0.25) is 0 Å². The molecular formula is C9H10. The van der Waals surface area contributed by atoms with Crippen LogP contribution in [0.2, 0.25) is 0 Å². The molecule has 1 unspecified atom stereocenters. The van der Waals surface area contributed by atoms with Crippen molar-refractivity contribution in [2.75, 3.05) is 0 Å². The van der Waals surface area contributed by atoms with E-state index in [1.54, 1.807) is 5.57 Å². The maximum absolute atomic E-state index is 3.67. The molecule has 2 aliphatic rings. The van der Waals surface area contributed by atoms with Gasteiger partial charge in [-0.25, -0.2) is 0 Å². The van der Waals surface area contributed by atoms with Crippen LogP contribution < -0.4 is 0 Å². The summed E-state index contributed by atoms with van der Waals surface area (Å²) in [7, 11) is 0. The lowest BCUT2D eigenvalue weighted by atomic mass is 10.0. The Labute approximate surface area is 55.6 Å². The zero-order chi connectivity index (χ0) is 6.27. The molecule has 2 bridgehead atoms. The molecule has 0 amide bonds. The summed E-state index contributed by atoms with van der Waals surface area (Å²) in [5.74, 6) is 0.803. The summed E-state index contributed by atoms with van der Waals surface area (Å²) in [6.07, 6.45) is 6.10. The molecular weight excluding hydrogens is 108 g/mol. The van der Waals surface area contributed by atoms with Crippen molar-refractivity contribution in [2.45, 2.75) is 19.3 Å². The minimum atomic E-state index is 0.803. The predicted octanol–water partition coefficient (Wildman–Crippen LogP) is 2.44. The molecule has 0 saturated heterocycles. The lowest BCUT2D eigenvalue weighted by molar-refractivity contribution is 0.698. The topological polar surface area (TPSA) is 0 Å². The van der Waals surface area contributed by atoms with E-state index in [-0.39, 0.29) is 0 Å². The van der Waals surface area contributed by atoms with Gasteiger partial charge >= 0.3 is 0 Å². The molecule has 0 radical (unpaired) electrons. The van der Waals surface area contributed by atoms with E-state index >= 15 is 0 Å². The minimum Gasteiger partial charge on any atom is -0.129 e. The van der Waals surface area contributed by atoms with Crippen molar-refractivity contribution in [2.24, 2.45) is 5.92 Å². The van der Waals surface area contributed by atoms with Gasteiger partial charge < -0.3 is 0 Å². The van der Waals surface area contributed by atoms with Crippen molar-refractivity contribution in [3.8, 4) is 0 Å². The maximum Gasteiger partial charge on any atom is -0.00291 e. The van der Waals surface area contributed by atoms with E-state index < -0.39 is 0 Å². The fraction of sp³-hybridized carbons (Fsp3) is 0.444. The van der Waals surface area contributed by atoms with Crippen LogP contribution in [-0.4, -0.2) is 0 Å². The summed E-state index contributed by atoms with van der Waals surface area (Å²) in [5.41, 5.74) is 6.09. The number of hydrogen-bond donors (Lipinski definition) is 0. The summed E-state index contributed by atoms with van der Waals surface area (Å²) in [6.45, 7) is 3.67. The van der Waals surface area contributed by atoms with Crippen molar-refractivity contribution in [3.63, 3.8) is 0 Å². The zero-order valence-electron chi connectivity index (χ0n) is 5.48. The van der Waals surface area contributed by atoms with Gasteiger partial charge in [0.1, 0.15) is 0 Å². The molecule has 0 nitrogen and oxygen atoms in total. The Morgan fingerprint density at radius 1 is 1.67 bits per heavy atom. The van der Waals surface area contributed by atoms with Crippen molar-refractivity contribution in [1.82, 2.24) is 0 Å². The lowest BCUT2D eigenvalue weighted by Gasteiger charge is -2.04. The zero-order valence-corrected chi connectivity index (χ0v) is 5.48. The van der Waals surface area contributed by atoms with Crippen molar-refractivity contribution in [3.05, 3.63) is 29.5 Å². The fourth-order valence-electron chi connectivity index (χ4n) is 1.80. The van der Waals surface area contributed by atoms with Gasteiger partial charge in [-0.05, 0) is 30.8 Å². The van der Waals surface area contributed by atoms with Gasteiger partial charge in [-0.15, -0.1) is 5.73 Å². The third-order valence-electron chi connectivity index (χ3n) is 2.34. The first kappa shape index (κ1) is 5.08. The number of fused-ring (bicyclic) bond motifs is 2. The van der Waals surface area contributed by atoms with Crippen LogP contribution in [0, 0.1) is 5.92 Å². The number of rotatable bonds is 0. The van der Waals surface area contributed by atoms with E-state index in [9.17, 15) is 0 Å². The van der Waals surface area contributed by atoms with Gasteiger partial charge in [0.05, 0.1) is 0 Å². The Morgan fingerprint density at radius 2 is 2.56 bits per heavy atom. The highest BCUT2D eigenvalue weighted by Gasteiger charge is 2.28. The number of hydrogen-bond acceptors (Lipinski definition) is 0. The summed E-state index contributed by atoms with van der Waals surface area (Å²) in [5, 5.41) is 0. The molecule has 1 atom stereocenters. The molecule has 2 aliphatic carbocycles. The molecule has 0 heterocycles. The second-order valence-corrected chi connectivity index (χ2v) is 2.88. The van der Waals surface area contributed by atoms with Gasteiger partial charge in [-0.1, -0.05) is 18.2 Å². The van der Waals surface area contributed by atoms with Crippen LogP contribution in [0.25, 0.3) is 0 Å². The Morgan fingerprint density at radius 3 is 2.89 bits per heavy atom. The summed E-state index contributed by atoms with van der Waals surface area (Å²) < 4.78 is 0. The van der Waals surface area contributed by atoms with E-state index in [4.69, 9.17) is 0 Å². The highest BCUT2D eigenvalue weighted by Crippen LogP contribution is 2.42. The van der Waals surface area contributed by atoms with Gasteiger partial charge in [-0.2, -0.15) is 0 Å². The summed E-state index contributed by atoms with van der Waals surface area (Å²) in [4.78, 5) is 0. The van der Waals surface area contributed by atoms with E-state index in [0.717, 1.165) is 5.92 Å². The second kappa shape index (κ2) is 1.62. The molecule has 0 aromatic rings. The highest BCUT2D eigenvalue weighted by atomic mass is 14.3. The van der Waals surface area contributed by atoms with Gasteiger partial charge in [0.15, 0.2) is 0 Å². The summed E-state index contributed by atoms with van der Waals surface area (Å²) >= 11 is 0. The van der Waals surface area contributed by atoms with Crippen LogP contribution in [0.15, 0.2) is 29.5 Å². The molecule has 0 spiro atoms. The quantitative estimate of drug-likeness (QED) is 0.338. The van der Waals surface area contributed by atoms with Crippen LogP contribution >= 0.6 is 0 Å². The molecule has 0 heteroatoms. The average Bonchev–Trinajstić information content (AvgIpc) is 2.45. The highest BCUT2D eigenvalue weighted by molar-refractivity contribution is 5.31. The normalized spacial score (nSPS) is 30.4. The molecule has 46 valence electrons. The van der Waals surface area contributed by atoms with Crippen LogP contribution in [0.3, 0.4) is 0 Å². The van der Waals surface area contributed by atoms with Gasteiger partial charge in [-0.3, -0.25) is 0 Å². The fourth-order valence-corrected chi connectivity index (χ4v) is 1.80. The van der Waals surface area contributed by atoms with Crippen LogP contribution in [0.5, 0.6) is 0 Å². The molecule has 0 aromatic heterocycles. The van der Waals surface area contributed by atoms with E-state index in [0.29, 0.717) is 0 Å². The Hall–Kier alpha value is -0.740. The van der Waals surface area contributed by atoms with Crippen molar-refractivity contribution in [1.29, 1.82) is 0 Å². The average molecular weight is 118 g/mol. The van der Waals surface area contributed by atoms with Gasteiger partial charge in [0.25, 0.3) is 0 Å². The molecule has 9 heavy (non-hydrogen) atoms. The first-order chi connectivity index (χ1) is 4.40. The van der Waals surface area contributed by atoms with Crippen LogP contribution in [0.4, 0.5) is 0 Å². The molecule has 1 fully saturated rings. The monoisotopic (exact) mass is 118 g/mol. The third-order valence-corrected chi connectivity index (χ3v) is 2.34. The van der Waals surface area contributed by atoms with Crippen LogP contribution in [-0.2, 0) is 0 Å². The minimum absolute atomic E-state index is 0.803. The Bertz CT molecular complexity index is 214. The largest absolute Gasteiger partial charge is 0.129 e. The summed E-state index contributed by atoms with van der Waals surface area (Å²) in [6, 6.07) is 0. The molecule has 0 aromatic carbocycles. The number of allylic oxidation sites excluding steroid dienone is 3. The molecule has 0 aliphatic heterocycles. The van der Waals surface area contributed by atoms with E-state index in [2.05, 4.69) is 18.4 Å². The molecule has 1 saturated carbocycles. The standard InChI is InChI=1S/C9H10/c1-2-8-5-7-3-4-9(8)6-7/h3,9H,1,4-6H2. The smallest absolute Gasteiger partial charge is 0.00291 e. The van der Waals surface area contributed by atoms with Crippen LogP contribution in [0.1, 0.15) is 19.3 Å². The lowest BCUT2D eigenvalue weighted by Crippen LogP contribution is -1.91. The Kier molecular flexibility index (Phi) is 0.913. The van der Waals surface area contributed by atoms with Crippen molar-refractivity contribution >= 4 is 0 Å². The second-order valence-electron chi connectivity index (χ2n) is 2.88. The van der Waals surface area contributed by atoms with Crippen molar-refractivity contribution < 1.29 is 0 Å². The van der Waals surface area contributed by atoms with E-state index in [1.807, 2.05) is 0 Å². The Balaban J connectivity index is 2.40. The molecule has 2 rings (SSSR count). The molecule has 0 N–H and O–H groups in total.